The number of methoxy groups -OCH3 is 2. The molecule has 1 saturated carbocycles. The molecule has 0 bridgehead atoms. The topological polar surface area (TPSA) is 144 Å². The van der Waals surface area contributed by atoms with Crippen LogP contribution in [0.4, 0.5) is 0 Å². The van der Waals surface area contributed by atoms with Crippen molar-refractivity contribution >= 4 is 30.4 Å². The van der Waals surface area contributed by atoms with E-state index in [2.05, 4.69) is 10.3 Å². The van der Waals surface area contributed by atoms with Gasteiger partial charge in [-0.05, 0) is 102 Å². The van der Waals surface area contributed by atoms with Crippen LogP contribution in [0, 0.1) is 11.8 Å². The normalized spacial score (nSPS) is 21.5. The summed E-state index contributed by atoms with van der Waals surface area (Å²) in [6.07, 6.45) is 5.03. The number of hydrogen-bond acceptors (Lipinski definition) is 11. The van der Waals surface area contributed by atoms with Crippen molar-refractivity contribution in [3.05, 3.63) is 94.3 Å². The minimum Gasteiger partial charge on any atom is -0.497 e. The number of carbonyl (C=O) groups is 3. The average Bonchev–Trinajstić information content (AvgIpc) is 3.94. The number of aromatic nitrogens is 3. The molecule has 1 aliphatic carbocycles. The highest BCUT2D eigenvalue weighted by Crippen LogP contribution is 2.44. The zero-order valence-electron chi connectivity index (χ0n) is 37.1. The molecule has 3 atom stereocenters. The Morgan fingerprint density at radius 1 is 0.919 bits per heavy atom. The third kappa shape index (κ3) is 8.28. The zero-order chi connectivity index (χ0) is 43.9. The Bertz CT molecular complexity index is 2310. The van der Waals surface area contributed by atoms with Crippen molar-refractivity contribution in [1.29, 1.82) is 0 Å². The van der Waals surface area contributed by atoms with Crippen LogP contribution >= 0.6 is 0 Å². The van der Waals surface area contributed by atoms with Gasteiger partial charge in [-0.3, -0.25) is 14.4 Å². The minimum atomic E-state index is -0.670. The van der Waals surface area contributed by atoms with Crippen molar-refractivity contribution in [3.8, 4) is 17.2 Å². The lowest BCUT2D eigenvalue weighted by atomic mass is 9.71. The van der Waals surface area contributed by atoms with E-state index in [1.165, 1.54) is 0 Å². The Hall–Kier alpha value is -5.41. The Morgan fingerprint density at radius 3 is 2.35 bits per heavy atom. The lowest BCUT2D eigenvalue weighted by Gasteiger charge is -2.43. The predicted molar refractivity (Wildman–Crippen MR) is 231 cm³/mol. The van der Waals surface area contributed by atoms with Gasteiger partial charge >= 0.3 is 13.1 Å². The second-order valence-corrected chi connectivity index (χ2v) is 18.1. The molecule has 1 aromatic heterocycles. The van der Waals surface area contributed by atoms with E-state index in [-0.39, 0.29) is 37.6 Å². The van der Waals surface area contributed by atoms with Crippen molar-refractivity contribution in [2.24, 2.45) is 11.8 Å². The maximum Gasteiger partial charge on any atom is 0.495 e. The lowest BCUT2D eigenvalue weighted by Crippen LogP contribution is -2.51. The van der Waals surface area contributed by atoms with Crippen LogP contribution < -0.4 is 19.7 Å². The third-order valence-electron chi connectivity index (χ3n) is 13.5. The van der Waals surface area contributed by atoms with Gasteiger partial charge in [0.15, 0.2) is 0 Å². The van der Waals surface area contributed by atoms with Crippen molar-refractivity contribution in [2.75, 3.05) is 27.3 Å². The van der Waals surface area contributed by atoms with E-state index in [0.717, 1.165) is 35.0 Å². The second kappa shape index (κ2) is 17.4. The lowest BCUT2D eigenvalue weighted by molar-refractivity contribution is -0.159. The summed E-state index contributed by atoms with van der Waals surface area (Å²) in [4.78, 5) is 47.2. The fraction of sp³-hybridized carbons (Fsp3) is 0.511. The van der Waals surface area contributed by atoms with Gasteiger partial charge in [0.25, 0.3) is 5.91 Å². The largest absolute Gasteiger partial charge is 0.497 e. The van der Waals surface area contributed by atoms with Crippen LogP contribution in [0.25, 0.3) is 0 Å². The fourth-order valence-corrected chi connectivity index (χ4v) is 9.22. The maximum absolute atomic E-state index is 15.3. The maximum atomic E-state index is 15.3. The number of hydrogen-bond donors (Lipinski definition) is 0. The van der Waals surface area contributed by atoms with E-state index in [4.69, 9.17) is 28.3 Å². The molecule has 2 fully saturated rings. The predicted octanol–water partition coefficient (Wildman–Crippen LogP) is 6.39. The first kappa shape index (κ1) is 43.3. The molecule has 1 saturated heterocycles. The number of fused-ring (bicyclic) bond motifs is 2. The number of carbonyl (C=O) groups excluding carboxylic acids is 3. The smallest absolute Gasteiger partial charge is 0.495 e. The molecule has 4 aromatic rings. The quantitative estimate of drug-likeness (QED) is 0.109. The summed E-state index contributed by atoms with van der Waals surface area (Å²) in [5.41, 5.74) is 4.37. The molecule has 0 unspecified atom stereocenters. The zero-order valence-corrected chi connectivity index (χ0v) is 37.1. The number of esters is 1. The first-order valence-electron chi connectivity index (χ1n) is 21.8. The first-order chi connectivity index (χ1) is 29.7. The summed E-state index contributed by atoms with van der Waals surface area (Å²) in [5.74, 6) is -0.169. The monoisotopic (exact) mass is 847 g/mol. The van der Waals surface area contributed by atoms with Gasteiger partial charge in [0.1, 0.15) is 36.2 Å². The van der Waals surface area contributed by atoms with E-state index >= 15 is 4.79 Å². The summed E-state index contributed by atoms with van der Waals surface area (Å²) >= 11 is 0. The van der Waals surface area contributed by atoms with E-state index in [9.17, 15) is 9.59 Å². The van der Waals surface area contributed by atoms with Gasteiger partial charge in [0.05, 0.1) is 49.5 Å². The molecule has 15 heteroatoms. The van der Waals surface area contributed by atoms with Gasteiger partial charge in [-0.1, -0.05) is 42.3 Å². The first-order valence-corrected chi connectivity index (χ1v) is 21.8. The Morgan fingerprint density at radius 2 is 1.66 bits per heavy atom. The number of rotatable bonds is 13. The average molecular weight is 848 g/mol. The molecule has 4 heterocycles. The van der Waals surface area contributed by atoms with Crippen LogP contribution in [0.2, 0.25) is 0 Å². The summed E-state index contributed by atoms with van der Waals surface area (Å²) in [7, 11) is 2.47. The highest BCUT2D eigenvalue weighted by atomic mass is 16.7. The van der Waals surface area contributed by atoms with Crippen LogP contribution in [0.15, 0.2) is 60.8 Å². The SMILES string of the molecule is COc1ccc(COC(=O)[C@H]2CCCC[C@H]2C(=O)N2CCc3c(B4OC(C)(C)C(C)(C)O4)ccc(OCc4cn(C(C)C)nn4)c3[C@H]2CN2Cc3ccccc3C2=O)c(OC)c1. The van der Waals surface area contributed by atoms with E-state index in [1.54, 1.807) is 31.0 Å². The summed E-state index contributed by atoms with van der Waals surface area (Å²) in [6, 6.07) is 16.4. The van der Waals surface area contributed by atoms with Crippen molar-refractivity contribution in [2.45, 2.75) is 117 Å². The Labute approximate surface area is 364 Å². The molecule has 62 heavy (non-hydrogen) atoms. The van der Waals surface area contributed by atoms with E-state index in [1.807, 2.05) is 100 Å². The molecule has 8 rings (SSSR count). The summed E-state index contributed by atoms with van der Waals surface area (Å²) in [5, 5.41) is 8.65. The number of ether oxygens (including phenoxy) is 4. The Balaban J connectivity index is 1.16. The molecule has 3 aromatic carbocycles. The van der Waals surface area contributed by atoms with Crippen LogP contribution in [0.1, 0.15) is 118 Å². The number of nitrogens with zero attached hydrogens (tertiary/aromatic N) is 5. The van der Waals surface area contributed by atoms with E-state index < -0.39 is 42.2 Å². The van der Waals surface area contributed by atoms with Crippen LogP contribution in [0.5, 0.6) is 17.2 Å². The molecular weight excluding hydrogens is 789 g/mol. The van der Waals surface area contributed by atoms with Gasteiger partial charge in [-0.15, -0.1) is 5.10 Å². The summed E-state index contributed by atoms with van der Waals surface area (Å²) in [6.45, 7) is 13.3. The highest BCUT2D eigenvalue weighted by molar-refractivity contribution is 6.62. The highest BCUT2D eigenvalue weighted by Gasteiger charge is 2.53. The van der Waals surface area contributed by atoms with Crippen LogP contribution in [-0.4, -0.2) is 88.2 Å². The van der Waals surface area contributed by atoms with Gasteiger partial charge in [-0.2, -0.15) is 0 Å². The molecule has 0 N–H and O–H groups in total. The van der Waals surface area contributed by atoms with Crippen molar-refractivity contribution in [1.82, 2.24) is 24.8 Å². The van der Waals surface area contributed by atoms with Gasteiger partial charge in [-0.25, -0.2) is 4.68 Å². The second-order valence-electron chi connectivity index (χ2n) is 18.1. The molecular formula is C47H58BN5O9. The van der Waals surface area contributed by atoms with Crippen molar-refractivity contribution < 1.29 is 42.6 Å². The van der Waals surface area contributed by atoms with E-state index in [0.29, 0.717) is 66.4 Å². The summed E-state index contributed by atoms with van der Waals surface area (Å²) < 4.78 is 38.6. The van der Waals surface area contributed by atoms with Gasteiger partial charge in [0, 0.05) is 48.4 Å². The Kier molecular flexibility index (Phi) is 12.1. The standard InChI is InChI=1S/C47H58BN5O9/c1-29(2)53-25-32(49-50-53)28-59-40-20-19-38(48-61-46(3,4)47(5,6)62-48)37-21-22-52(39(42(37)40)26-51-24-30-13-9-10-14-34(30)43(51)54)44(55)35-15-11-12-16-36(35)45(56)60-27-31-17-18-33(57-7)23-41(31)58-8/h9-10,13-14,17-20,23,25,29,35-36,39H,11-12,15-16,21-22,24,26-28H2,1-8H3/t35-,36+,39-/m1/s1. The fourth-order valence-electron chi connectivity index (χ4n) is 9.22. The van der Waals surface area contributed by atoms with Gasteiger partial charge in [0.2, 0.25) is 5.91 Å². The molecule has 3 aliphatic heterocycles. The molecule has 14 nitrogen and oxygen atoms in total. The number of amides is 2. The molecule has 328 valence electrons. The molecule has 0 spiro atoms. The third-order valence-corrected chi connectivity index (χ3v) is 13.5. The van der Waals surface area contributed by atoms with Gasteiger partial charge < -0.3 is 38.1 Å². The van der Waals surface area contributed by atoms with Crippen LogP contribution in [0.3, 0.4) is 0 Å². The van der Waals surface area contributed by atoms with Crippen LogP contribution in [-0.2, 0) is 49.8 Å². The minimum absolute atomic E-state index is 0.00587. The van der Waals surface area contributed by atoms with Crippen molar-refractivity contribution in [3.63, 3.8) is 0 Å². The molecule has 2 amide bonds. The number of benzene rings is 3. The molecule has 4 aliphatic rings. The molecule has 0 radical (unpaired) electrons.